The Morgan fingerprint density at radius 3 is 2.73 bits per heavy atom. The highest BCUT2D eigenvalue weighted by Gasteiger charge is 2.18. The number of nitrogens with zero attached hydrogens (tertiary/aromatic N) is 2. The van der Waals surface area contributed by atoms with Crippen molar-refractivity contribution in [1.29, 1.82) is 5.26 Å². The van der Waals surface area contributed by atoms with Gasteiger partial charge in [-0.15, -0.1) is 0 Å². The number of pyridine rings is 1. The third-order valence-corrected chi connectivity index (χ3v) is 2.85. The molecule has 1 aromatic rings. The van der Waals surface area contributed by atoms with Gasteiger partial charge in [-0.25, -0.2) is 8.78 Å². The van der Waals surface area contributed by atoms with E-state index in [1.165, 1.54) is 0 Å². The molecule has 0 radical (unpaired) electrons. The Bertz CT molecular complexity index is 404. The molecule has 0 aliphatic heterocycles. The zero-order chi connectivity index (χ0) is 11.4. The fourth-order valence-electron chi connectivity index (χ4n) is 1.10. The van der Waals surface area contributed by atoms with Gasteiger partial charge < -0.3 is 0 Å². The molecule has 0 spiro atoms. The molecule has 0 aromatic carbocycles. The molecule has 0 aliphatic carbocycles. The van der Waals surface area contributed by atoms with Crippen molar-refractivity contribution in [3.8, 4) is 6.07 Å². The molecule has 0 saturated carbocycles. The van der Waals surface area contributed by atoms with E-state index in [-0.39, 0.29) is 17.0 Å². The van der Waals surface area contributed by atoms with Crippen LogP contribution in [0.1, 0.15) is 23.2 Å². The summed E-state index contributed by atoms with van der Waals surface area (Å²) in [5, 5.41) is 8.80. The maximum atomic E-state index is 12.5. The second kappa shape index (κ2) is 5.38. The molecule has 0 bridgehead atoms. The van der Waals surface area contributed by atoms with Gasteiger partial charge in [0.25, 0.3) is 6.43 Å². The van der Waals surface area contributed by atoms with Crippen molar-refractivity contribution < 1.29 is 8.78 Å². The molecule has 1 rings (SSSR count). The second-order valence-corrected chi connectivity index (χ2v) is 3.66. The van der Waals surface area contributed by atoms with Crippen molar-refractivity contribution in [2.24, 2.45) is 0 Å². The summed E-state index contributed by atoms with van der Waals surface area (Å²) >= 11 is 8.92. The summed E-state index contributed by atoms with van der Waals surface area (Å²) in [6.45, 7) is 0. The number of hydrogen-bond donors (Lipinski definition) is 0. The summed E-state index contributed by atoms with van der Waals surface area (Å²) in [6.07, 6.45) is -1.57. The summed E-state index contributed by atoms with van der Waals surface area (Å²) in [4.78, 5) is 3.80. The first-order valence-electron chi connectivity index (χ1n) is 3.99. The minimum Gasteiger partial charge on any atom is -0.259 e. The first-order chi connectivity index (χ1) is 7.11. The molecule has 15 heavy (non-hydrogen) atoms. The SMILES string of the molecule is N#CCc1ncc(C(F)F)c(Cl)c1CBr. The van der Waals surface area contributed by atoms with Gasteiger partial charge in [-0.2, -0.15) is 5.26 Å². The lowest BCUT2D eigenvalue weighted by molar-refractivity contribution is 0.151. The Morgan fingerprint density at radius 2 is 2.27 bits per heavy atom. The average Bonchev–Trinajstić information content (AvgIpc) is 2.18. The van der Waals surface area contributed by atoms with E-state index in [4.69, 9.17) is 16.9 Å². The molecule has 0 fully saturated rings. The maximum Gasteiger partial charge on any atom is 0.266 e. The number of halogens is 4. The van der Waals surface area contributed by atoms with Crippen LogP contribution >= 0.6 is 27.5 Å². The molecule has 1 aromatic heterocycles. The molecular weight excluding hydrogens is 289 g/mol. The number of nitriles is 1. The van der Waals surface area contributed by atoms with Crippen LogP contribution in [0.3, 0.4) is 0 Å². The van der Waals surface area contributed by atoms with Gasteiger partial charge in [0.15, 0.2) is 0 Å². The smallest absolute Gasteiger partial charge is 0.259 e. The van der Waals surface area contributed by atoms with Crippen molar-refractivity contribution in [2.75, 3.05) is 0 Å². The van der Waals surface area contributed by atoms with Gasteiger partial charge in [-0.3, -0.25) is 4.98 Å². The van der Waals surface area contributed by atoms with Crippen LogP contribution in [0.5, 0.6) is 0 Å². The van der Waals surface area contributed by atoms with Crippen LogP contribution in [0.15, 0.2) is 6.20 Å². The zero-order valence-corrected chi connectivity index (χ0v) is 9.82. The van der Waals surface area contributed by atoms with Crippen LogP contribution in [0.25, 0.3) is 0 Å². The maximum absolute atomic E-state index is 12.5. The Labute approximate surface area is 99.0 Å². The van der Waals surface area contributed by atoms with Crippen molar-refractivity contribution in [3.05, 3.63) is 28.0 Å². The van der Waals surface area contributed by atoms with E-state index in [1.54, 1.807) is 0 Å². The van der Waals surface area contributed by atoms with E-state index in [0.29, 0.717) is 16.6 Å². The average molecular weight is 296 g/mol. The largest absolute Gasteiger partial charge is 0.266 e. The van der Waals surface area contributed by atoms with Crippen LogP contribution in [-0.4, -0.2) is 4.98 Å². The van der Waals surface area contributed by atoms with E-state index in [9.17, 15) is 8.78 Å². The summed E-state index contributed by atoms with van der Waals surface area (Å²) in [5.41, 5.74) is 0.590. The quantitative estimate of drug-likeness (QED) is 0.798. The fraction of sp³-hybridized carbons (Fsp3) is 0.333. The Balaban J connectivity index is 3.27. The third kappa shape index (κ3) is 2.64. The lowest BCUT2D eigenvalue weighted by Crippen LogP contribution is -2.00. The molecule has 0 aliphatic rings. The predicted molar refractivity (Wildman–Crippen MR) is 56.2 cm³/mol. The molecule has 0 saturated heterocycles. The van der Waals surface area contributed by atoms with Crippen molar-refractivity contribution in [3.63, 3.8) is 0 Å². The number of alkyl halides is 3. The van der Waals surface area contributed by atoms with Gasteiger partial charge in [0.1, 0.15) is 0 Å². The normalized spacial score (nSPS) is 10.4. The fourth-order valence-corrected chi connectivity index (χ4v) is 2.17. The van der Waals surface area contributed by atoms with Crippen LogP contribution in [-0.2, 0) is 11.8 Å². The van der Waals surface area contributed by atoms with Gasteiger partial charge >= 0.3 is 0 Å². The Kier molecular flexibility index (Phi) is 4.43. The highest BCUT2D eigenvalue weighted by atomic mass is 79.9. The third-order valence-electron chi connectivity index (χ3n) is 1.84. The van der Waals surface area contributed by atoms with Gasteiger partial charge in [0.2, 0.25) is 0 Å². The Morgan fingerprint density at radius 1 is 1.60 bits per heavy atom. The van der Waals surface area contributed by atoms with Gasteiger partial charge in [0, 0.05) is 17.1 Å². The van der Waals surface area contributed by atoms with E-state index < -0.39 is 6.43 Å². The van der Waals surface area contributed by atoms with E-state index in [2.05, 4.69) is 20.9 Å². The lowest BCUT2D eigenvalue weighted by Gasteiger charge is -2.09. The van der Waals surface area contributed by atoms with E-state index in [1.807, 2.05) is 6.07 Å². The second-order valence-electron chi connectivity index (χ2n) is 2.72. The van der Waals surface area contributed by atoms with Gasteiger partial charge in [-0.1, -0.05) is 27.5 Å². The summed E-state index contributed by atoms with van der Waals surface area (Å²) in [6, 6.07) is 1.91. The molecule has 80 valence electrons. The minimum absolute atomic E-state index is 0.0119. The summed E-state index contributed by atoms with van der Waals surface area (Å²) in [7, 11) is 0. The lowest BCUT2D eigenvalue weighted by atomic mass is 10.1. The summed E-state index contributed by atoms with van der Waals surface area (Å²) < 4.78 is 24.9. The molecule has 0 unspecified atom stereocenters. The van der Waals surface area contributed by atoms with Crippen molar-refractivity contribution >= 4 is 27.5 Å². The molecule has 0 atom stereocenters. The summed E-state index contributed by atoms with van der Waals surface area (Å²) in [5.74, 6) is 0. The number of rotatable bonds is 3. The number of aromatic nitrogens is 1. The van der Waals surface area contributed by atoms with Crippen LogP contribution < -0.4 is 0 Å². The number of hydrogen-bond acceptors (Lipinski definition) is 2. The van der Waals surface area contributed by atoms with Gasteiger partial charge in [-0.05, 0) is 0 Å². The van der Waals surface area contributed by atoms with Crippen LogP contribution in [0, 0.1) is 11.3 Å². The molecule has 6 heteroatoms. The highest BCUT2D eigenvalue weighted by molar-refractivity contribution is 9.08. The molecule has 0 amide bonds. The van der Waals surface area contributed by atoms with E-state index >= 15 is 0 Å². The van der Waals surface area contributed by atoms with Crippen molar-refractivity contribution in [2.45, 2.75) is 18.2 Å². The highest BCUT2D eigenvalue weighted by Crippen LogP contribution is 2.31. The molecular formula is C9H6BrClF2N2. The minimum atomic E-state index is -2.65. The molecule has 1 heterocycles. The van der Waals surface area contributed by atoms with Crippen molar-refractivity contribution in [1.82, 2.24) is 4.98 Å². The Hall–Kier alpha value is -0.730. The topological polar surface area (TPSA) is 36.7 Å². The van der Waals surface area contributed by atoms with Gasteiger partial charge in [0.05, 0.1) is 28.8 Å². The van der Waals surface area contributed by atoms with E-state index in [0.717, 1.165) is 6.20 Å². The van der Waals surface area contributed by atoms with Crippen LogP contribution in [0.2, 0.25) is 5.02 Å². The molecule has 2 nitrogen and oxygen atoms in total. The first kappa shape index (κ1) is 12.3. The molecule has 0 N–H and O–H groups in total. The predicted octanol–water partition coefficient (Wildman–Crippen LogP) is 3.63. The first-order valence-corrected chi connectivity index (χ1v) is 5.49. The monoisotopic (exact) mass is 294 g/mol. The standard InChI is InChI=1S/C9H6BrClF2N2/c10-3-5-7(1-2-14)15-4-6(8(5)11)9(12)13/h4,9H,1,3H2. The zero-order valence-electron chi connectivity index (χ0n) is 7.48. The van der Waals surface area contributed by atoms with Crippen LogP contribution in [0.4, 0.5) is 8.78 Å².